The lowest BCUT2D eigenvalue weighted by Gasteiger charge is -2.37. The average molecular weight is 410 g/mol. The summed E-state index contributed by atoms with van der Waals surface area (Å²) in [7, 11) is 0. The smallest absolute Gasteiger partial charge is 0.245 e. The summed E-state index contributed by atoms with van der Waals surface area (Å²) in [6, 6.07) is 8.57. The molecule has 0 bridgehead atoms. The first-order valence-electron chi connectivity index (χ1n) is 12.1. The zero-order chi connectivity index (χ0) is 20.5. The predicted octanol–water partition coefficient (Wildman–Crippen LogP) is 3.47. The second kappa shape index (κ2) is 8.60. The number of carbonyl (C=O) groups is 2. The van der Waals surface area contributed by atoms with Crippen molar-refractivity contribution in [3.63, 3.8) is 0 Å². The predicted molar refractivity (Wildman–Crippen MR) is 118 cm³/mol. The van der Waals surface area contributed by atoms with Crippen molar-refractivity contribution < 1.29 is 9.59 Å². The molecule has 5 heteroatoms. The molecule has 1 atom stereocenters. The maximum atomic E-state index is 13.3. The van der Waals surface area contributed by atoms with Crippen LogP contribution < -0.4 is 4.90 Å². The number of hydrogen-bond acceptors (Lipinski definition) is 3. The molecule has 5 rings (SSSR count). The average Bonchev–Trinajstić information content (AvgIpc) is 3.54. The number of nitrogens with zero attached hydrogens (tertiary/aromatic N) is 3. The number of rotatable bonds is 4. The van der Waals surface area contributed by atoms with Crippen LogP contribution in [0.5, 0.6) is 0 Å². The van der Waals surface area contributed by atoms with Crippen molar-refractivity contribution in [3.8, 4) is 0 Å². The standard InChI is InChI=1S/C25H35N3O2/c29-24(21-7-1-2-8-21)28-14-5-10-23(28)25(30)26-15-11-19(12-16-26)18-27-17-13-20-6-3-4-9-22(20)27/h3-4,6,9,19,21,23H,1-2,5,7-8,10-18H2. The second-order valence-corrected chi connectivity index (χ2v) is 9.76. The number of carbonyl (C=O) groups excluding carboxylic acids is 2. The highest BCUT2D eigenvalue weighted by atomic mass is 16.2. The van der Waals surface area contributed by atoms with Crippen LogP contribution in [0.25, 0.3) is 0 Å². The Kier molecular flexibility index (Phi) is 5.70. The van der Waals surface area contributed by atoms with Gasteiger partial charge >= 0.3 is 0 Å². The molecule has 1 aromatic rings. The van der Waals surface area contributed by atoms with E-state index in [1.807, 2.05) is 4.90 Å². The van der Waals surface area contributed by atoms with Gasteiger partial charge in [-0.3, -0.25) is 9.59 Å². The van der Waals surface area contributed by atoms with E-state index in [1.165, 1.54) is 11.3 Å². The van der Waals surface area contributed by atoms with Crippen LogP contribution in [0.2, 0.25) is 0 Å². The molecule has 0 radical (unpaired) electrons. The Morgan fingerprint density at radius 3 is 2.40 bits per heavy atom. The number of hydrogen-bond donors (Lipinski definition) is 0. The summed E-state index contributed by atoms with van der Waals surface area (Å²) in [6.45, 7) is 4.70. The summed E-state index contributed by atoms with van der Waals surface area (Å²) in [5.41, 5.74) is 2.88. The molecule has 0 spiro atoms. The monoisotopic (exact) mass is 409 g/mol. The Morgan fingerprint density at radius 2 is 1.60 bits per heavy atom. The number of piperidine rings is 1. The summed E-state index contributed by atoms with van der Waals surface area (Å²) < 4.78 is 0. The molecule has 162 valence electrons. The molecular weight excluding hydrogens is 374 g/mol. The largest absolute Gasteiger partial charge is 0.371 e. The zero-order valence-corrected chi connectivity index (χ0v) is 18.1. The van der Waals surface area contributed by atoms with Crippen molar-refractivity contribution in [2.24, 2.45) is 11.8 Å². The van der Waals surface area contributed by atoms with Crippen LogP contribution in [-0.2, 0) is 16.0 Å². The Hall–Kier alpha value is -2.04. The summed E-state index contributed by atoms with van der Waals surface area (Å²) in [5, 5.41) is 0. The van der Waals surface area contributed by atoms with Gasteiger partial charge in [-0.2, -0.15) is 0 Å². The van der Waals surface area contributed by atoms with E-state index in [4.69, 9.17) is 0 Å². The summed E-state index contributed by atoms with van der Waals surface area (Å²) in [5.74, 6) is 1.29. The van der Waals surface area contributed by atoms with E-state index in [9.17, 15) is 9.59 Å². The van der Waals surface area contributed by atoms with Crippen LogP contribution >= 0.6 is 0 Å². The summed E-state index contributed by atoms with van der Waals surface area (Å²) in [6.07, 6.45) is 9.49. The van der Waals surface area contributed by atoms with Gasteiger partial charge in [-0.15, -0.1) is 0 Å². The molecule has 1 saturated carbocycles. The normalized spacial score (nSPS) is 25.2. The van der Waals surface area contributed by atoms with E-state index < -0.39 is 0 Å². The van der Waals surface area contributed by atoms with E-state index >= 15 is 0 Å². The molecule has 3 fully saturated rings. The maximum absolute atomic E-state index is 13.3. The molecular formula is C25H35N3O2. The van der Waals surface area contributed by atoms with Gasteiger partial charge in [0, 0.05) is 44.3 Å². The molecule has 1 unspecified atom stereocenters. The van der Waals surface area contributed by atoms with Crippen molar-refractivity contribution in [3.05, 3.63) is 29.8 Å². The van der Waals surface area contributed by atoms with Gasteiger partial charge in [-0.05, 0) is 62.5 Å². The van der Waals surface area contributed by atoms with Crippen molar-refractivity contribution in [1.29, 1.82) is 0 Å². The third-order valence-corrected chi connectivity index (χ3v) is 7.91. The number of likely N-dealkylation sites (tertiary alicyclic amines) is 2. The van der Waals surface area contributed by atoms with Crippen molar-refractivity contribution in [2.75, 3.05) is 37.6 Å². The number of fused-ring (bicyclic) bond motifs is 1. The minimum absolute atomic E-state index is 0.174. The Balaban J connectivity index is 1.15. The third-order valence-electron chi connectivity index (χ3n) is 7.91. The van der Waals surface area contributed by atoms with Gasteiger partial charge in [0.05, 0.1) is 0 Å². The maximum Gasteiger partial charge on any atom is 0.245 e. The quantitative estimate of drug-likeness (QED) is 0.765. The van der Waals surface area contributed by atoms with E-state index in [0.717, 1.165) is 90.5 Å². The van der Waals surface area contributed by atoms with Crippen LogP contribution in [0.4, 0.5) is 5.69 Å². The van der Waals surface area contributed by atoms with E-state index in [2.05, 4.69) is 34.1 Å². The fourth-order valence-corrected chi connectivity index (χ4v) is 6.15. The minimum atomic E-state index is -0.194. The van der Waals surface area contributed by atoms with Gasteiger partial charge in [-0.1, -0.05) is 31.0 Å². The lowest BCUT2D eigenvalue weighted by Crippen LogP contribution is -2.51. The Morgan fingerprint density at radius 1 is 0.833 bits per heavy atom. The van der Waals surface area contributed by atoms with Crippen LogP contribution in [0, 0.1) is 11.8 Å². The van der Waals surface area contributed by atoms with Crippen molar-refractivity contribution >= 4 is 17.5 Å². The van der Waals surface area contributed by atoms with Crippen LogP contribution in [-0.4, -0.2) is 60.4 Å². The molecule has 2 saturated heterocycles. The first-order valence-corrected chi connectivity index (χ1v) is 12.1. The molecule has 4 aliphatic rings. The molecule has 3 aliphatic heterocycles. The number of para-hydroxylation sites is 1. The van der Waals surface area contributed by atoms with Gasteiger partial charge in [0.25, 0.3) is 0 Å². The van der Waals surface area contributed by atoms with E-state index in [0.29, 0.717) is 5.92 Å². The van der Waals surface area contributed by atoms with Crippen LogP contribution in [0.3, 0.4) is 0 Å². The highest BCUT2D eigenvalue weighted by Gasteiger charge is 2.40. The zero-order valence-electron chi connectivity index (χ0n) is 18.1. The number of anilines is 1. The Bertz CT molecular complexity index is 780. The first-order chi connectivity index (χ1) is 14.7. The van der Waals surface area contributed by atoms with Gasteiger partial charge in [0.1, 0.15) is 6.04 Å². The van der Waals surface area contributed by atoms with Crippen LogP contribution in [0.15, 0.2) is 24.3 Å². The molecule has 30 heavy (non-hydrogen) atoms. The first kappa shape index (κ1) is 19.9. The van der Waals surface area contributed by atoms with E-state index in [1.54, 1.807) is 0 Å². The van der Waals surface area contributed by atoms with E-state index in [-0.39, 0.29) is 23.8 Å². The topological polar surface area (TPSA) is 43.9 Å². The molecule has 2 amide bonds. The number of amides is 2. The fourth-order valence-electron chi connectivity index (χ4n) is 6.15. The molecule has 0 aromatic heterocycles. The lowest BCUT2D eigenvalue weighted by molar-refractivity contribution is -0.146. The number of benzene rings is 1. The molecule has 1 aromatic carbocycles. The van der Waals surface area contributed by atoms with Gasteiger partial charge in [0.15, 0.2) is 0 Å². The van der Waals surface area contributed by atoms with Crippen molar-refractivity contribution in [1.82, 2.24) is 9.80 Å². The molecule has 3 heterocycles. The van der Waals surface area contributed by atoms with Crippen molar-refractivity contribution in [2.45, 2.75) is 63.8 Å². The second-order valence-electron chi connectivity index (χ2n) is 9.76. The minimum Gasteiger partial charge on any atom is -0.371 e. The highest BCUT2D eigenvalue weighted by Crippen LogP contribution is 2.32. The Labute approximate surface area is 180 Å². The van der Waals surface area contributed by atoms with Gasteiger partial charge < -0.3 is 14.7 Å². The lowest BCUT2D eigenvalue weighted by atomic mass is 9.95. The molecule has 0 N–H and O–H groups in total. The summed E-state index contributed by atoms with van der Waals surface area (Å²) in [4.78, 5) is 32.7. The SMILES string of the molecule is O=C(C1CCCN1C(=O)C1CCCC1)N1CCC(CN2CCc3ccccc32)CC1. The molecule has 5 nitrogen and oxygen atoms in total. The highest BCUT2D eigenvalue weighted by molar-refractivity contribution is 5.89. The summed E-state index contributed by atoms with van der Waals surface area (Å²) >= 11 is 0. The third kappa shape index (κ3) is 3.83. The van der Waals surface area contributed by atoms with Gasteiger partial charge in [-0.25, -0.2) is 0 Å². The van der Waals surface area contributed by atoms with Gasteiger partial charge in [0.2, 0.25) is 11.8 Å². The fraction of sp³-hybridized carbons (Fsp3) is 0.680. The molecule has 1 aliphatic carbocycles. The van der Waals surface area contributed by atoms with Crippen LogP contribution in [0.1, 0.15) is 56.9 Å².